The number of sulfonamides is 1. The summed E-state index contributed by atoms with van der Waals surface area (Å²) in [5.41, 5.74) is 0. The van der Waals surface area contributed by atoms with Crippen molar-refractivity contribution in [2.75, 3.05) is 4.72 Å². The average molecular weight is 315 g/mol. The summed E-state index contributed by atoms with van der Waals surface area (Å²) in [7, 11) is -3.74. The molecule has 2 aromatic rings. The minimum atomic E-state index is -3.74. The maximum atomic E-state index is 11.8. The van der Waals surface area contributed by atoms with E-state index < -0.39 is 10.0 Å². The highest BCUT2D eigenvalue weighted by molar-refractivity contribution is 9.10. The van der Waals surface area contributed by atoms with Gasteiger partial charge in [0.25, 0.3) is 10.0 Å². The summed E-state index contributed by atoms with van der Waals surface area (Å²) in [6.45, 7) is 0. The van der Waals surface area contributed by atoms with Crippen molar-refractivity contribution in [3.8, 4) is 0 Å². The van der Waals surface area contributed by atoms with Gasteiger partial charge in [-0.1, -0.05) is 0 Å². The summed E-state index contributed by atoms with van der Waals surface area (Å²) in [5.74, 6) is 0.0113. The number of hydrogen-bond donors (Lipinski definition) is 1. The lowest BCUT2D eigenvalue weighted by Gasteiger charge is -2.04. The number of nitrogens with zero attached hydrogens (tertiary/aromatic N) is 3. The van der Waals surface area contributed by atoms with Crippen LogP contribution < -0.4 is 4.72 Å². The molecule has 0 fully saturated rings. The molecule has 0 aliphatic heterocycles. The van der Waals surface area contributed by atoms with Gasteiger partial charge in [0, 0.05) is 23.1 Å². The lowest BCUT2D eigenvalue weighted by molar-refractivity contribution is 0.597. The Balaban J connectivity index is 2.29. The fourth-order valence-electron chi connectivity index (χ4n) is 1.05. The van der Waals surface area contributed by atoms with Gasteiger partial charge in [0.15, 0.2) is 5.03 Å². The van der Waals surface area contributed by atoms with Crippen LogP contribution >= 0.6 is 15.9 Å². The fourth-order valence-corrected chi connectivity index (χ4v) is 2.17. The zero-order valence-electron chi connectivity index (χ0n) is 8.41. The van der Waals surface area contributed by atoms with E-state index in [2.05, 4.69) is 35.6 Å². The third kappa shape index (κ3) is 2.98. The van der Waals surface area contributed by atoms with E-state index in [0.717, 1.165) is 0 Å². The molecule has 0 saturated heterocycles. The van der Waals surface area contributed by atoms with Crippen molar-refractivity contribution in [2.45, 2.75) is 5.03 Å². The van der Waals surface area contributed by atoms with Crippen LogP contribution in [0.3, 0.4) is 0 Å². The molecule has 2 aromatic heterocycles. The van der Waals surface area contributed by atoms with Crippen molar-refractivity contribution in [1.82, 2.24) is 15.0 Å². The molecule has 88 valence electrons. The van der Waals surface area contributed by atoms with Crippen molar-refractivity contribution in [3.63, 3.8) is 0 Å². The molecular weight excluding hydrogens is 308 g/mol. The first-order chi connectivity index (χ1) is 8.08. The lowest BCUT2D eigenvalue weighted by Crippen LogP contribution is -2.16. The van der Waals surface area contributed by atoms with Crippen molar-refractivity contribution >= 4 is 31.9 Å². The van der Waals surface area contributed by atoms with E-state index in [1.165, 1.54) is 24.7 Å². The van der Waals surface area contributed by atoms with Gasteiger partial charge in [-0.2, -0.15) is 8.42 Å². The van der Waals surface area contributed by atoms with E-state index >= 15 is 0 Å². The Hall–Kier alpha value is -1.54. The Morgan fingerprint density at radius 1 is 1.12 bits per heavy atom. The molecule has 0 unspecified atom stereocenters. The van der Waals surface area contributed by atoms with Crippen LogP contribution in [0.2, 0.25) is 0 Å². The molecule has 0 atom stereocenters. The quantitative estimate of drug-likeness (QED) is 0.926. The number of nitrogens with one attached hydrogen (secondary N) is 1. The first-order valence-corrected chi connectivity index (χ1v) is 6.77. The molecule has 0 spiro atoms. The monoisotopic (exact) mass is 314 g/mol. The first-order valence-electron chi connectivity index (χ1n) is 4.49. The van der Waals surface area contributed by atoms with Gasteiger partial charge in [0.05, 0.1) is 0 Å². The summed E-state index contributed by atoms with van der Waals surface area (Å²) in [5, 5.41) is -0.0897. The van der Waals surface area contributed by atoms with Gasteiger partial charge in [-0.3, -0.25) is 0 Å². The molecule has 2 rings (SSSR count). The van der Waals surface area contributed by atoms with Crippen LogP contribution in [0.4, 0.5) is 5.95 Å². The van der Waals surface area contributed by atoms with Crippen LogP contribution in [0.1, 0.15) is 0 Å². The zero-order chi connectivity index (χ0) is 12.3. The number of halogens is 1. The average Bonchev–Trinajstić information content (AvgIpc) is 2.30. The number of rotatable bonds is 3. The van der Waals surface area contributed by atoms with E-state index in [9.17, 15) is 8.42 Å². The zero-order valence-corrected chi connectivity index (χ0v) is 10.8. The maximum Gasteiger partial charge on any atom is 0.281 e. The molecular formula is C9H7BrN4O2S. The van der Waals surface area contributed by atoms with Crippen molar-refractivity contribution in [1.29, 1.82) is 0 Å². The molecule has 0 bridgehead atoms. The molecule has 1 N–H and O–H groups in total. The second kappa shape index (κ2) is 4.76. The molecule has 6 nitrogen and oxygen atoms in total. The predicted octanol–water partition coefficient (Wildman–Crippen LogP) is 1.43. The molecule has 8 heteroatoms. The van der Waals surface area contributed by atoms with Gasteiger partial charge in [-0.25, -0.2) is 19.7 Å². The summed E-state index contributed by atoms with van der Waals surface area (Å²) in [4.78, 5) is 11.3. The summed E-state index contributed by atoms with van der Waals surface area (Å²) < 4.78 is 26.6. The molecule has 0 aromatic carbocycles. The molecule has 0 aliphatic carbocycles. The molecule has 0 saturated carbocycles. The summed E-state index contributed by atoms with van der Waals surface area (Å²) >= 11 is 3.18. The maximum absolute atomic E-state index is 11.8. The standard InChI is InChI=1S/C9H7BrN4O2S/c10-7-2-3-8(13-6-7)17(15,16)14-9-11-4-1-5-12-9/h1-6H,(H,11,12,14). The van der Waals surface area contributed by atoms with Crippen LogP contribution in [0.25, 0.3) is 0 Å². The molecule has 0 amide bonds. The van der Waals surface area contributed by atoms with Gasteiger partial charge in [0.2, 0.25) is 5.95 Å². The Bertz CT molecular complexity index is 601. The van der Waals surface area contributed by atoms with E-state index in [0.29, 0.717) is 4.47 Å². The third-order valence-electron chi connectivity index (χ3n) is 1.77. The summed E-state index contributed by atoms with van der Waals surface area (Å²) in [6, 6.07) is 4.57. The number of pyridine rings is 1. The van der Waals surface area contributed by atoms with Gasteiger partial charge >= 0.3 is 0 Å². The number of aromatic nitrogens is 3. The fraction of sp³-hybridized carbons (Fsp3) is 0. The highest BCUT2D eigenvalue weighted by Gasteiger charge is 2.16. The Kier molecular flexibility index (Phi) is 3.34. The van der Waals surface area contributed by atoms with Crippen molar-refractivity contribution in [2.24, 2.45) is 0 Å². The molecule has 17 heavy (non-hydrogen) atoms. The molecule has 2 heterocycles. The van der Waals surface area contributed by atoms with Gasteiger partial charge in [-0.15, -0.1) is 0 Å². The topological polar surface area (TPSA) is 84.8 Å². The van der Waals surface area contributed by atoms with E-state index in [4.69, 9.17) is 0 Å². The lowest BCUT2D eigenvalue weighted by atomic mass is 10.5. The minimum Gasteiger partial charge on any atom is -0.246 e. The van der Waals surface area contributed by atoms with Crippen LogP contribution in [0.5, 0.6) is 0 Å². The Morgan fingerprint density at radius 3 is 2.41 bits per heavy atom. The first kappa shape index (κ1) is 11.9. The smallest absolute Gasteiger partial charge is 0.246 e. The predicted molar refractivity (Wildman–Crippen MR) is 64.8 cm³/mol. The van der Waals surface area contributed by atoms with Crippen LogP contribution in [0, 0.1) is 0 Å². The van der Waals surface area contributed by atoms with Gasteiger partial charge in [0.1, 0.15) is 0 Å². The largest absolute Gasteiger partial charge is 0.281 e. The second-order valence-corrected chi connectivity index (χ2v) is 5.54. The number of hydrogen-bond acceptors (Lipinski definition) is 5. The van der Waals surface area contributed by atoms with E-state index in [-0.39, 0.29) is 11.0 Å². The Morgan fingerprint density at radius 2 is 1.82 bits per heavy atom. The van der Waals surface area contributed by atoms with Crippen LogP contribution in [0.15, 0.2) is 46.3 Å². The normalized spacial score (nSPS) is 11.1. The summed E-state index contributed by atoms with van der Waals surface area (Å²) in [6.07, 6.45) is 4.29. The van der Waals surface area contributed by atoms with Crippen LogP contribution in [-0.4, -0.2) is 23.4 Å². The molecule has 0 aliphatic rings. The van der Waals surface area contributed by atoms with E-state index in [1.54, 1.807) is 12.1 Å². The molecule has 0 radical (unpaired) electrons. The van der Waals surface area contributed by atoms with Crippen molar-refractivity contribution < 1.29 is 8.42 Å². The second-order valence-electron chi connectivity index (χ2n) is 2.99. The SMILES string of the molecule is O=S(=O)(Nc1ncccn1)c1ccc(Br)cn1. The van der Waals surface area contributed by atoms with Crippen molar-refractivity contribution in [3.05, 3.63) is 41.3 Å². The van der Waals surface area contributed by atoms with Crippen LogP contribution in [-0.2, 0) is 10.0 Å². The highest BCUT2D eigenvalue weighted by atomic mass is 79.9. The van der Waals surface area contributed by atoms with E-state index in [1.807, 2.05) is 0 Å². The highest BCUT2D eigenvalue weighted by Crippen LogP contribution is 2.13. The van der Waals surface area contributed by atoms with Gasteiger partial charge < -0.3 is 0 Å². The minimum absolute atomic E-state index is 0.0113. The Labute approximate surface area is 106 Å². The number of anilines is 1. The third-order valence-corrected chi connectivity index (χ3v) is 3.48. The van der Waals surface area contributed by atoms with Gasteiger partial charge in [-0.05, 0) is 34.1 Å².